The monoisotopic (exact) mass is 706 g/mol. The molecule has 49 heavy (non-hydrogen) atoms. The summed E-state index contributed by atoms with van der Waals surface area (Å²) >= 11 is 5.96. The smallest absolute Gasteiger partial charge is 0.412 e. The molecule has 17 heteroatoms. The summed E-state index contributed by atoms with van der Waals surface area (Å²) in [5, 5.41) is 16.5. The summed E-state index contributed by atoms with van der Waals surface area (Å²) in [6.07, 6.45) is -2.59. The first-order valence-electron chi connectivity index (χ1n) is 14.4. The molecule has 0 radical (unpaired) electrons. The molecule has 0 spiro atoms. The van der Waals surface area contributed by atoms with E-state index in [1.54, 1.807) is 0 Å². The van der Waals surface area contributed by atoms with E-state index < -0.39 is 66.1 Å². The minimum atomic E-state index is -3.76. The second-order valence-electron chi connectivity index (χ2n) is 10.6. The molecule has 0 unspecified atom stereocenters. The first kappa shape index (κ1) is 36.3. The predicted octanol–water partition coefficient (Wildman–Crippen LogP) is 7.07. The number of non-ortho nitro benzene ring substituents is 1. The van der Waals surface area contributed by atoms with Crippen LogP contribution in [-0.4, -0.2) is 65.2 Å². The van der Waals surface area contributed by atoms with Gasteiger partial charge >= 0.3 is 12.1 Å². The molecule has 0 fully saturated rings. The third-order valence-electron chi connectivity index (χ3n) is 7.10. The van der Waals surface area contributed by atoms with E-state index in [0.717, 1.165) is 35.2 Å². The Labute approximate surface area is 280 Å². The van der Waals surface area contributed by atoms with Crippen molar-refractivity contribution in [1.82, 2.24) is 10.1 Å². The lowest BCUT2D eigenvalue weighted by molar-refractivity contribution is -0.384. The second kappa shape index (κ2) is 16.1. The third kappa shape index (κ3) is 10.2. The second-order valence-corrected chi connectivity index (χ2v) is 11.0. The molecule has 0 saturated carbocycles. The van der Waals surface area contributed by atoms with E-state index >= 15 is 8.78 Å². The zero-order valence-corrected chi connectivity index (χ0v) is 26.3. The molecule has 2 amide bonds. The number of nitrogens with one attached hydrogen (secondary N) is 1. The topological polar surface area (TPSA) is 154 Å². The van der Waals surface area contributed by atoms with Crippen LogP contribution in [0.4, 0.5) is 33.9 Å². The molecule has 258 valence electrons. The molecule has 4 rings (SSSR count). The molecule has 0 aliphatic carbocycles. The number of aryl methyl sites for hydroxylation is 1. The number of aromatic nitrogens is 1. The van der Waals surface area contributed by atoms with E-state index in [9.17, 15) is 33.3 Å². The minimum Gasteiger partial charge on any atom is -0.456 e. The average Bonchev–Trinajstić information content (AvgIpc) is 3.54. The first-order valence-corrected chi connectivity index (χ1v) is 14.7. The molecule has 0 aliphatic heterocycles. The number of rotatable bonds is 14. The van der Waals surface area contributed by atoms with Crippen molar-refractivity contribution in [3.63, 3.8) is 0 Å². The number of benzene rings is 3. The molecule has 1 atom stereocenters. The molecular formula is C32H27ClF4N4O8. The molecule has 3 aromatic carbocycles. The molecule has 0 saturated heterocycles. The van der Waals surface area contributed by atoms with Gasteiger partial charge in [-0.05, 0) is 42.3 Å². The van der Waals surface area contributed by atoms with Gasteiger partial charge in [0.25, 0.3) is 11.6 Å². The Kier molecular flexibility index (Phi) is 11.9. The number of alkyl halides is 2. The van der Waals surface area contributed by atoms with Crippen LogP contribution in [0.2, 0.25) is 5.02 Å². The van der Waals surface area contributed by atoms with Crippen molar-refractivity contribution in [3.05, 3.63) is 111 Å². The van der Waals surface area contributed by atoms with Gasteiger partial charge in [0.2, 0.25) is 5.91 Å². The Morgan fingerprint density at radius 2 is 1.78 bits per heavy atom. The van der Waals surface area contributed by atoms with E-state index in [1.165, 1.54) is 49.5 Å². The highest BCUT2D eigenvalue weighted by Crippen LogP contribution is 2.27. The fraction of sp³-hybridized carbons (Fsp3) is 0.250. The number of hydrogen-bond donors (Lipinski definition) is 1. The highest BCUT2D eigenvalue weighted by Gasteiger charge is 2.38. The number of nitrogens with zero attached hydrogens (tertiary/aromatic N) is 3. The Hall–Kier alpha value is -5.51. The van der Waals surface area contributed by atoms with E-state index in [0.29, 0.717) is 11.1 Å². The quantitative estimate of drug-likeness (QED) is 0.0627. The van der Waals surface area contributed by atoms with Crippen molar-refractivity contribution < 1.29 is 50.9 Å². The molecule has 0 aliphatic rings. The summed E-state index contributed by atoms with van der Waals surface area (Å²) in [5.74, 6) is -6.87. The fourth-order valence-electron chi connectivity index (χ4n) is 4.47. The Balaban J connectivity index is 1.42. The van der Waals surface area contributed by atoms with Gasteiger partial charge in [-0.15, -0.1) is 0 Å². The van der Waals surface area contributed by atoms with Crippen LogP contribution in [0.1, 0.15) is 28.8 Å². The number of ether oxygens (including phenoxy) is 2. The number of esters is 1. The van der Waals surface area contributed by atoms with Crippen LogP contribution < -0.4 is 5.32 Å². The van der Waals surface area contributed by atoms with Crippen molar-refractivity contribution in [2.24, 2.45) is 0 Å². The van der Waals surface area contributed by atoms with E-state index in [1.807, 2.05) is 0 Å². The maximum atomic E-state index is 15.2. The van der Waals surface area contributed by atoms with Gasteiger partial charge in [-0.2, -0.15) is 0 Å². The Morgan fingerprint density at radius 1 is 1.06 bits per heavy atom. The van der Waals surface area contributed by atoms with Gasteiger partial charge < -0.3 is 18.9 Å². The van der Waals surface area contributed by atoms with Crippen LogP contribution in [0, 0.1) is 21.7 Å². The lowest BCUT2D eigenvalue weighted by Gasteiger charge is -2.31. The number of nitro benzene ring substituents is 1. The molecule has 12 nitrogen and oxygen atoms in total. The van der Waals surface area contributed by atoms with E-state index in [2.05, 4.69) is 10.5 Å². The van der Waals surface area contributed by atoms with Gasteiger partial charge in [0.1, 0.15) is 18.2 Å². The highest BCUT2D eigenvalue weighted by molar-refractivity contribution is 6.31. The number of halogens is 5. The third-order valence-corrected chi connectivity index (χ3v) is 7.52. The minimum absolute atomic E-state index is 0.0309. The van der Waals surface area contributed by atoms with Crippen LogP contribution in [0.25, 0.3) is 11.3 Å². The summed E-state index contributed by atoms with van der Waals surface area (Å²) < 4.78 is 72.7. The number of amides is 2. The first-order chi connectivity index (χ1) is 23.2. The van der Waals surface area contributed by atoms with Crippen LogP contribution in [0.3, 0.4) is 0 Å². The molecule has 1 N–H and O–H groups in total. The van der Waals surface area contributed by atoms with Gasteiger partial charge in [-0.3, -0.25) is 20.2 Å². The number of likely N-dealkylation sites (N-methyl/N-ethyl adjacent to an activating group) is 1. The van der Waals surface area contributed by atoms with Crippen molar-refractivity contribution >= 4 is 41.1 Å². The van der Waals surface area contributed by atoms with E-state index in [4.69, 9.17) is 25.6 Å². The van der Waals surface area contributed by atoms with Gasteiger partial charge in [0, 0.05) is 43.7 Å². The van der Waals surface area contributed by atoms with Gasteiger partial charge in [0.05, 0.1) is 21.6 Å². The lowest BCUT2D eigenvalue weighted by atomic mass is 10.1. The van der Waals surface area contributed by atoms with Crippen molar-refractivity contribution in [1.29, 1.82) is 0 Å². The van der Waals surface area contributed by atoms with Crippen molar-refractivity contribution in [2.45, 2.75) is 31.2 Å². The lowest BCUT2D eigenvalue weighted by Crippen LogP contribution is -2.45. The highest BCUT2D eigenvalue weighted by atomic mass is 35.5. The maximum Gasteiger partial charge on any atom is 0.412 e. The van der Waals surface area contributed by atoms with Crippen LogP contribution in [0.5, 0.6) is 0 Å². The number of carbonyl (C=O) groups is 3. The summed E-state index contributed by atoms with van der Waals surface area (Å²) in [7, 11) is 1.20. The van der Waals surface area contributed by atoms with Gasteiger partial charge in [0.15, 0.2) is 18.2 Å². The van der Waals surface area contributed by atoms with Gasteiger partial charge in [-0.25, -0.2) is 27.2 Å². The number of anilines is 1. The van der Waals surface area contributed by atoms with Crippen molar-refractivity contribution in [2.75, 3.05) is 25.6 Å². The molecule has 1 aromatic heterocycles. The predicted molar refractivity (Wildman–Crippen MR) is 166 cm³/mol. The summed E-state index contributed by atoms with van der Waals surface area (Å²) in [4.78, 5) is 49.0. The van der Waals surface area contributed by atoms with Crippen LogP contribution in [-0.2, 0) is 20.7 Å². The summed E-state index contributed by atoms with van der Waals surface area (Å²) in [6.45, 7) is -2.19. The van der Waals surface area contributed by atoms with E-state index in [-0.39, 0.29) is 40.7 Å². The van der Waals surface area contributed by atoms with Gasteiger partial charge in [-0.1, -0.05) is 41.0 Å². The average molecular weight is 707 g/mol. The van der Waals surface area contributed by atoms with Crippen LogP contribution >= 0.6 is 11.6 Å². The number of carbonyl (C=O) groups excluding carboxylic acids is 3. The molecule has 0 bridgehead atoms. The Morgan fingerprint density at radius 3 is 2.47 bits per heavy atom. The standard InChI is InChI=1S/C32H27ClF4N4O8/c1-40(28(42)13-10-19-4-3-7-25(35)29(19)33)24(16-32(36,37)18-48-30(43)20-8-11-23(12-9-20)41(45)46)17-47-31(44)38-27-15-26(49-39-27)21-5-2-6-22(34)14-21/h2-9,11-12,14-15,24H,10,13,16-18H2,1H3,(H,38,39,44)/t24-/m0/s1. The SMILES string of the molecule is CN(C(=O)CCc1cccc(F)c1Cl)[C@H](COC(=O)Nc1cc(-c2cccc(F)c2)on1)CC(F)(F)COC(=O)c1ccc([N+](=O)[O-])cc1. The largest absolute Gasteiger partial charge is 0.456 e. The number of hydrogen-bond acceptors (Lipinski definition) is 9. The molecular weight excluding hydrogens is 680 g/mol. The Bertz CT molecular complexity index is 1820. The van der Waals surface area contributed by atoms with Crippen LogP contribution in [0.15, 0.2) is 77.3 Å². The zero-order valence-electron chi connectivity index (χ0n) is 25.5. The fourth-order valence-corrected chi connectivity index (χ4v) is 4.69. The molecule has 1 heterocycles. The molecule has 4 aromatic rings. The normalized spacial score (nSPS) is 11.8. The van der Waals surface area contributed by atoms with Crippen molar-refractivity contribution in [3.8, 4) is 11.3 Å². The maximum absolute atomic E-state index is 15.2. The zero-order chi connectivity index (χ0) is 35.7. The summed E-state index contributed by atoms with van der Waals surface area (Å²) in [5.41, 5.74) is 0.0980. The summed E-state index contributed by atoms with van der Waals surface area (Å²) in [6, 6.07) is 13.3. The number of nitro groups is 1.